The number of aliphatic carboxylic acids is 2. The molecule has 0 radical (unpaired) electrons. The summed E-state index contributed by atoms with van der Waals surface area (Å²) in [5.41, 5.74) is 0. The van der Waals surface area contributed by atoms with Crippen LogP contribution in [-0.2, 0) is 50.5 Å². The second kappa shape index (κ2) is 23.6. The minimum Gasteiger partial charge on any atom is -0.481 e. The average Bonchev–Trinajstić information content (AvgIpc) is 2.93. The zero-order chi connectivity index (χ0) is 32.7. The van der Waals surface area contributed by atoms with Gasteiger partial charge < -0.3 is 41.5 Å². The van der Waals surface area contributed by atoms with Gasteiger partial charge in [0.1, 0.15) is 0 Å². The minimum absolute atomic E-state index is 0.0150. The predicted molar refractivity (Wildman–Crippen MR) is 161 cm³/mol. The van der Waals surface area contributed by atoms with E-state index < -0.39 is 53.3 Å². The van der Waals surface area contributed by atoms with Crippen LogP contribution in [0.4, 0.5) is 0 Å². The first-order valence-corrected chi connectivity index (χ1v) is 19.4. The Morgan fingerprint density at radius 2 is 0.791 bits per heavy atom. The Morgan fingerprint density at radius 1 is 0.512 bits per heavy atom. The van der Waals surface area contributed by atoms with E-state index in [0.717, 1.165) is 0 Å². The molecule has 252 valence electrons. The summed E-state index contributed by atoms with van der Waals surface area (Å²) < 4.78 is 40.4. The summed E-state index contributed by atoms with van der Waals surface area (Å²) in [6.07, 6.45) is 0.764. The molecule has 2 N–H and O–H groups in total. The number of esters is 2. The van der Waals surface area contributed by atoms with Crippen molar-refractivity contribution in [3.05, 3.63) is 0 Å². The van der Waals surface area contributed by atoms with Crippen molar-refractivity contribution in [1.82, 2.24) is 0 Å². The Hall–Kier alpha value is -1.73. The fraction of sp³-hybridized carbons (Fsp3) is 0.857. The molecule has 13 nitrogen and oxygen atoms in total. The van der Waals surface area contributed by atoms with E-state index >= 15 is 0 Å². The Bertz CT molecular complexity index is 713. The number of carbonyl (C=O) groups excluding carboxylic acids is 2. The molecule has 2 atom stereocenters. The largest absolute Gasteiger partial charge is 0.500 e. The van der Waals surface area contributed by atoms with Crippen LogP contribution in [-0.4, -0.2) is 91.3 Å². The van der Waals surface area contributed by atoms with E-state index in [2.05, 4.69) is 0 Å². The number of carbonyl (C=O) groups is 4. The van der Waals surface area contributed by atoms with E-state index in [1.54, 1.807) is 0 Å². The zero-order valence-corrected chi connectivity index (χ0v) is 28.9. The summed E-state index contributed by atoms with van der Waals surface area (Å²) in [5, 5.41) is 18.4. The summed E-state index contributed by atoms with van der Waals surface area (Å²) in [7, 11) is -5.96. The van der Waals surface area contributed by atoms with Crippen LogP contribution in [0, 0.1) is 11.8 Å². The van der Waals surface area contributed by atoms with Crippen molar-refractivity contribution in [3.63, 3.8) is 0 Å². The van der Waals surface area contributed by atoms with Crippen LogP contribution in [0.25, 0.3) is 0 Å². The normalized spacial score (nSPS) is 13.4. The van der Waals surface area contributed by atoms with Gasteiger partial charge in [-0.1, -0.05) is 0 Å². The lowest BCUT2D eigenvalue weighted by Crippen LogP contribution is -2.46. The number of carboxylic acid groups (broad SMARTS) is 2. The average molecular weight is 655 g/mol. The lowest BCUT2D eigenvalue weighted by molar-refractivity contribution is -0.166. The lowest BCUT2D eigenvalue weighted by Gasteiger charge is -2.29. The molecular formula is C28H54O13Si2. The molecule has 0 saturated heterocycles. The van der Waals surface area contributed by atoms with Crippen LogP contribution in [0.2, 0.25) is 12.1 Å². The number of hydrogen-bond acceptors (Lipinski definition) is 11. The van der Waals surface area contributed by atoms with Gasteiger partial charge in [0, 0.05) is 64.6 Å². The molecule has 2 unspecified atom stereocenters. The van der Waals surface area contributed by atoms with Crippen molar-refractivity contribution in [1.29, 1.82) is 0 Å². The van der Waals surface area contributed by atoms with E-state index in [1.807, 2.05) is 41.5 Å². The van der Waals surface area contributed by atoms with Gasteiger partial charge in [-0.2, -0.15) is 0 Å². The fourth-order valence-corrected chi connectivity index (χ4v) is 10.0. The molecule has 0 amide bonds. The van der Waals surface area contributed by atoms with Gasteiger partial charge in [-0.05, 0) is 80.1 Å². The van der Waals surface area contributed by atoms with Crippen LogP contribution in [0.5, 0.6) is 0 Å². The van der Waals surface area contributed by atoms with Crippen molar-refractivity contribution in [3.8, 4) is 0 Å². The highest BCUT2D eigenvalue weighted by Gasteiger charge is 2.41. The van der Waals surface area contributed by atoms with Crippen LogP contribution < -0.4 is 0 Å². The van der Waals surface area contributed by atoms with Crippen LogP contribution >= 0.6 is 0 Å². The second-order valence-electron chi connectivity index (χ2n) is 9.75. The van der Waals surface area contributed by atoms with Gasteiger partial charge in [-0.3, -0.25) is 19.2 Å². The first kappa shape index (κ1) is 41.3. The van der Waals surface area contributed by atoms with Gasteiger partial charge in [-0.25, -0.2) is 0 Å². The first-order chi connectivity index (χ1) is 20.5. The Balaban J connectivity index is 5.60. The quantitative estimate of drug-likeness (QED) is 0.0677. The van der Waals surface area contributed by atoms with Crippen molar-refractivity contribution >= 4 is 41.5 Å². The highest BCUT2D eigenvalue weighted by atomic mass is 28.4. The number of carboxylic acids is 2. The van der Waals surface area contributed by atoms with E-state index in [-0.39, 0.29) is 38.5 Å². The molecule has 0 aromatic carbocycles. The molecular weight excluding hydrogens is 600 g/mol. The molecule has 0 aromatic heterocycles. The van der Waals surface area contributed by atoms with Crippen LogP contribution in [0.15, 0.2) is 0 Å². The van der Waals surface area contributed by atoms with Crippen LogP contribution in [0.1, 0.15) is 92.9 Å². The van der Waals surface area contributed by atoms with Crippen molar-refractivity contribution in [2.24, 2.45) is 11.8 Å². The molecule has 0 rings (SSSR count). The number of rotatable bonds is 28. The monoisotopic (exact) mass is 654 g/mol. The molecule has 0 spiro atoms. The first-order valence-electron chi connectivity index (χ1n) is 15.5. The smallest absolute Gasteiger partial charge is 0.481 e. The lowest BCUT2D eigenvalue weighted by atomic mass is 9.96. The van der Waals surface area contributed by atoms with Gasteiger partial charge >= 0.3 is 41.5 Å². The third-order valence-corrected chi connectivity index (χ3v) is 12.8. The fourth-order valence-electron chi connectivity index (χ4n) is 4.75. The van der Waals surface area contributed by atoms with Gasteiger partial charge in [0.05, 0.1) is 11.8 Å². The number of hydrogen-bond donors (Lipinski definition) is 2. The van der Waals surface area contributed by atoms with Gasteiger partial charge in [0.2, 0.25) is 0 Å². The van der Waals surface area contributed by atoms with Crippen molar-refractivity contribution < 1.29 is 60.7 Å². The van der Waals surface area contributed by atoms with Crippen molar-refractivity contribution in [2.45, 2.75) is 105 Å². The maximum Gasteiger partial charge on any atom is 0.500 e. The van der Waals surface area contributed by atoms with Gasteiger partial charge in [-0.15, -0.1) is 0 Å². The highest BCUT2D eigenvalue weighted by molar-refractivity contribution is 6.61. The minimum atomic E-state index is -2.98. The summed E-state index contributed by atoms with van der Waals surface area (Å²) in [5.74, 6) is -5.52. The molecule has 15 heteroatoms. The topological polar surface area (TPSA) is 173 Å². The Kier molecular flexibility index (Phi) is 22.7. The van der Waals surface area contributed by atoms with E-state index in [4.69, 9.17) is 31.3 Å². The molecule has 0 bridgehead atoms. The van der Waals surface area contributed by atoms with Crippen LogP contribution in [0.3, 0.4) is 0 Å². The molecule has 43 heavy (non-hydrogen) atoms. The molecule has 0 aromatic rings. The summed E-state index contributed by atoms with van der Waals surface area (Å²) in [4.78, 5) is 48.8. The number of ether oxygens (including phenoxy) is 1. The summed E-state index contributed by atoms with van der Waals surface area (Å²) in [6, 6.07) is 0.833. The Morgan fingerprint density at radius 3 is 1.02 bits per heavy atom. The predicted octanol–water partition coefficient (Wildman–Crippen LogP) is 4.68. The SMILES string of the molecule is CCO[Si](CCCC(CCC(=O)O)C(=O)OC(=O)C(CCC[Si](OCC)(OCC)OCC)CCC(=O)O)(OCC)OCC. The highest BCUT2D eigenvalue weighted by Crippen LogP contribution is 2.27. The standard InChI is InChI=1S/C28H54O13Si2/c1-7-35-42(36-8-2,37-9-3)21-13-15-23(17-19-25(29)30)27(33)41-28(34)24(18-20-26(31)32)16-14-22-43(38-10-4,39-11-5)40-12-6/h23-24H,7-22H2,1-6H3,(H,29,30)(H,31,32). The van der Waals surface area contributed by atoms with E-state index in [1.165, 1.54) is 0 Å². The molecule has 0 aliphatic carbocycles. The van der Waals surface area contributed by atoms with E-state index in [0.29, 0.717) is 64.6 Å². The molecule has 0 fully saturated rings. The Labute approximate surface area is 258 Å². The summed E-state index contributed by atoms with van der Waals surface area (Å²) >= 11 is 0. The maximum absolute atomic E-state index is 13.1. The zero-order valence-electron chi connectivity index (χ0n) is 26.9. The molecule has 0 heterocycles. The maximum atomic E-state index is 13.1. The third-order valence-electron chi connectivity index (χ3n) is 6.54. The summed E-state index contributed by atoms with van der Waals surface area (Å²) in [6.45, 7) is 13.4. The molecule has 0 aliphatic heterocycles. The van der Waals surface area contributed by atoms with E-state index in [9.17, 15) is 29.4 Å². The molecule has 0 aliphatic rings. The molecule has 0 saturated carbocycles. The third kappa shape index (κ3) is 17.4. The van der Waals surface area contributed by atoms with Crippen molar-refractivity contribution in [2.75, 3.05) is 39.6 Å². The van der Waals surface area contributed by atoms with Gasteiger partial charge in [0.15, 0.2) is 0 Å². The van der Waals surface area contributed by atoms with Gasteiger partial charge in [0.25, 0.3) is 0 Å². The second-order valence-corrected chi connectivity index (χ2v) is 15.2.